The second kappa shape index (κ2) is 34.2. The first-order valence-corrected chi connectivity index (χ1v) is 24.3. The monoisotopic (exact) mass is 1050 g/mol. The quantitative estimate of drug-likeness (QED) is 0.0159. The first-order chi connectivity index (χ1) is 34.4. The third kappa shape index (κ3) is 28.1. The number of hydrogen-bond acceptors (Lipinski definition) is 14. The van der Waals surface area contributed by atoms with E-state index < -0.39 is 138 Å². The maximum absolute atomic E-state index is 14.1. The molecule has 22 N–H and O–H groups in total. The predicted octanol–water partition coefficient (Wildman–Crippen LogP) is -4.84. The molecule has 0 heterocycles. The van der Waals surface area contributed by atoms with Crippen LogP contribution in [0, 0.1) is 23.7 Å². The molecule has 0 aromatic carbocycles. The normalized spacial score (nSPS) is 14.3. The molecule has 0 bridgehead atoms. The van der Waals surface area contributed by atoms with Crippen molar-refractivity contribution in [2.24, 2.45) is 68.1 Å². The molecular formula is C45H82N16O13. The summed E-state index contributed by atoms with van der Waals surface area (Å²) in [6.07, 6.45) is -1.11. The Morgan fingerprint density at radius 3 is 1.34 bits per heavy atom. The number of nitrogens with one attached hydrogen (secondary N) is 8. The number of amides is 9. The van der Waals surface area contributed by atoms with Crippen LogP contribution in [-0.4, -0.2) is 155 Å². The first kappa shape index (κ1) is 66.7. The van der Waals surface area contributed by atoms with E-state index in [0.29, 0.717) is 6.42 Å². The lowest BCUT2D eigenvalue weighted by atomic mass is 9.98. The number of carboxylic acids is 2. The van der Waals surface area contributed by atoms with Crippen LogP contribution < -0.4 is 76.9 Å². The van der Waals surface area contributed by atoms with Crippen molar-refractivity contribution in [1.82, 2.24) is 42.5 Å². The molecule has 0 spiro atoms. The standard InChI is InChI=1S/C45H82N16O13/c1-21(2)17-28(58-36(66)25(46)11-9-15-52-44(48)49)37(67)54-20-32(63)55-30(19-33(64)65)41(71)56-26(12-10-16-53-45(50)51)38(68)60-34(23(5)6)42(72)59-29(18-22(3)4)40(70)57-27(13-14-31(47)62)39(69)61-35(24(7)8)43(73)74/h21-30,34-35H,9-20,46H2,1-8H3,(H2,47,62)(H,54,67)(H,55,63)(H,56,71)(H,57,70)(H,58,66)(H,59,72)(H,60,68)(H,61,69)(H,64,65)(H,73,74)(H4,48,49,52)(H4,50,51,53)/t25-,26-,27-,28-,29-,30-,34-,35-/m0/s1. The second-order valence-corrected chi connectivity index (χ2v) is 19.2. The van der Waals surface area contributed by atoms with E-state index in [1.165, 1.54) is 0 Å². The molecule has 0 aromatic heterocycles. The van der Waals surface area contributed by atoms with Gasteiger partial charge in [0.2, 0.25) is 53.2 Å². The van der Waals surface area contributed by atoms with Gasteiger partial charge in [0.15, 0.2) is 11.9 Å². The highest BCUT2D eigenvalue weighted by molar-refractivity contribution is 5.98. The zero-order valence-electron chi connectivity index (χ0n) is 43.7. The molecule has 0 saturated carbocycles. The van der Waals surface area contributed by atoms with Gasteiger partial charge in [-0.05, 0) is 68.6 Å². The fourth-order valence-electron chi connectivity index (χ4n) is 6.95. The zero-order chi connectivity index (χ0) is 57.0. The number of carbonyl (C=O) groups excluding carboxylic acids is 9. The Bertz CT molecular complexity index is 1990. The van der Waals surface area contributed by atoms with Crippen molar-refractivity contribution in [2.45, 2.75) is 162 Å². The summed E-state index contributed by atoms with van der Waals surface area (Å²) in [5, 5.41) is 38.9. The van der Waals surface area contributed by atoms with Gasteiger partial charge in [0.25, 0.3) is 0 Å². The van der Waals surface area contributed by atoms with Crippen LogP contribution in [0.5, 0.6) is 0 Å². The number of aliphatic imine (C=N–C) groups is 2. The van der Waals surface area contributed by atoms with Crippen LogP contribution in [0.2, 0.25) is 0 Å². The zero-order valence-corrected chi connectivity index (χ0v) is 43.7. The Morgan fingerprint density at radius 2 is 0.892 bits per heavy atom. The van der Waals surface area contributed by atoms with E-state index in [4.69, 9.17) is 34.4 Å². The summed E-state index contributed by atoms with van der Waals surface area (Å²) in [6, 6.07) is -11.0. The fourth-order valence-corrected chi connectivity index (χ4v) is 6.95. The van der Waals surface area contributed by atoms with E-state index in [9.17, 15) is 63.0 Å². The van der Waals surface area contributed by atoms with Crippen molar-refractivity contribution >= 4 is 77.0 Å². The number of guanidine groups is 2. The maximum atomic E-state index is 14.1. The molecule has 29 nitrogen and oxygen atoms in total. The SMILES string of the molecule is CC(C)C[C@H](NC(=O)[C@@H](NC(=O)[C@H](CCCN=C(N)N)NC(=O)[C@H](CC(=O)O)NC(=O)CNC(=O)[C@H](CC(C)C)NC(=O)[C@@H](N)CCCN=C(N)N)C(C)C)C(=O)N[C@@H](CCC(N)=O)C(=O)N[C@H](C(=O)O)C(C)C. The molecule has 420 valence electrons. The average molecular weight is 1060 g/mol. The molecule has 29 heteroatoms. The van der Waals surface area contributed by atoms with Crippen molar-refractivity contribution in [3.05, 3.63) is 0 Å². The van der Waals surface area contributed by atoms with E-state index in [0.717, 1.165) is 0 Å². The summed E-state index contributed by atoms with van der Waals surface area (Å²) in [6.45, 7) is 12.7. The van der Waals surface area contributed by atoms with E-state index in [1.54, 1.807) is 55.4 Å². The predicted molar refractivity (Wildman–Crippen MR) is 271 cm³/mol. The summed E-state index contributed by atoms with van der Waals surface area (Å²) in [5.74, 6) is -12.9. The molecule has 0 radical (unpaired) electrons. The number of primary amides is 1. The van der Waals surface area contributed by atoms with Crippen molar-refractivity contribution in [2.75, 3.05) is 19.6 Å². The summed E-state index contributed by atoms with van der Waals surface area (Å²) < 4.78 is 0. The Labute approximate surface area is 430 Å². The Kier molecular flexibility index (Phi) is 30.8. The number of aliphatic carboxylic acids is 2. The molecule has 0 rings (SSSR count). The third-order valence-corrected chi connectivity index (χ3v) is 10.8. The van der Waals surface area contributed by atoms with Crippen LogP contribution in [0.25, 0.3) is 0 Å². The highest BCUT2D eigenvalue weighted by atomic mass is 16.4. The van der Waals surface area contributed by atoms with Crippen molar-refractivity contribution in [3.8, 4) is 0 Å². The van der Waals surface area contributed by atoms with Crippen LogP contribution in [0.1, 0.15) is 113 Å². The molecule has 8 atom stereocenters. The molecule has 0 aromatic rings. The molecule has 0 unspecified atom stereocenters. The third-order valence-electron chi connectivity index (χ3n) is 10.8. The van der Waals surface area contributed by atoms with Gasteiger partial charge in [0.05, 0.1) is 19.0 Å². The Hall–Kier alpha value is -7.33. The van der Waals surface area contributed by atoms with E-state index in [2.05, 4.69) is 52.5 Å². The van der Waals surface area contributed by atoms with Crippen LogP contribution in [0.15, 0.2) is 9.98 Å². The van der Waals surface area contributed by atoms with Crippen molar-refractivity contribution in [1.29, 1.82) is 0 Å². The van der Waals surface area contributed by atoms with Gasteiger partial charge in [-0.15, -0.1) is 0 Å². The van der Waals surface area contributed by atoms with Gasteiger partial charge >= 0.3 is 11.9 Å². The summed E-state index contributed by atoms with van der Waals surface area (Å²) >= 11 is 0. The van der Waals surface area contributed by atoms with Gasteiger partial charge in [0, 0.05) is 19.5 Å². The minimum absolute atomic E-state index is 0.00151. The number of carboxylic acid groups (broad SMARTS) is 2. The lowest BCUT2D eigenvalue weighted by Gasteiger charge is -2.29. The summed E-state index contributed by atoms with van der Waals surface area (Å²) in [7, 11) is 0. The lowest BCUT2D eigenvalue weighted by molar-refractivity contribution is -0.143. The number of carbonyl (C=O) groups is 11. The molecule has 74 heavy (non-hydrogen) atoms. The molecule has 0 aliphatic carbocycles. The molecule has 9 amide bonds. The smallest absolute Gasteiger partial charge is 0.326 e. The van der Waals surface area contributed by atoms with Crippen LogP contribution >= 0.6 is 0 Å². The first-order valence-electron chi connectivity index (χ1n) is 24.3. The van der Waals surface area contributed by atoms with Gasteiger partial charge < -0.3 is 87.1 Å². The average Bonchev–Trinajstić information content (AvgIpc) is 3.27. The van der Waals surface area contributed by atoms with Gasteiger partial charge in [-0.25, -0.2) is 4.79 Å². The van der Waals surface area contributed by atoms with Crippen molar-refractivity contribution in [3.63, 3.8) is 0 Å². The van der Waals surface area contributed by atoms with Crippen LogP contribution in [0.4, 0.5) is 0 Å². The van der Waals surface area contributed by atoms with E-state index in [1.807, 2.05) is 0 Å². The Morgan fingerprint density at radius 1 is 0.473 bits per heavy atom. The minimum Gasteiger partial charge on any atom is -0.481 e. The van der Waals surface area contributed by atoms with E-state index >= 15 is 0 Å². The van der Waals surface area contributed by atoms with Gasteiger partial charge in [-0.1, -0.05) is 55.4 Å². The van der Waals surface area contributed by atoms with Crippen molar-refractivity contribution < 1.29 is 63.0 Å². The molecular weight excluding hydrogens is 973 g/mol. The summed E-state index contributed by atoms with van der Waals surface area (Å²) in [5.41, 5.74) is 32.8. The second-order valence-electron chi connectivity index (χ2n) is 19.2. The Balaban J connectivity index is 6.46. The summed E-state index contributed by atoms with van der Waals surface area (Å²) in [4.78, 5) is 151. The van der Waals surface area contributed by atoms with Crippen LogP contribution in [0.3, 0.4) is 0 Å². The van der Waals surface area contributed by atoms with Gasteiger partial charge in [-0.2, -0.15) is 0 Å². The number of rotatable bonds is 36. The molecule has 0 saturated heterocycles. The molecule has 0 aliphatic rings. The number of hydrogen-bond donors (Lipinski definition) is 16. The highest BCUT2D eigenvalue weighted by Crippen LogP contribution is 2.12. The lowest BCUT2D eigenvalue weighted by Crippen LogP contribution is -2.61. The highest BCUT2D eigenvalue weighted by Gasteiger charge is 2.36. The molecule has 0 aliphatic heterocycles. The fraction of sp³-hybridized carbons (Fsp3) is 0.711. The topological polar surface area (TPSA) is 505 Å². The number of nitrogens with zero attached hydrogens (tertiary/aromatic N) is 2. The molecule has 0 fully saturated rings. The van der Waals surface area contributed by atoms with Gasteiger partial charge in [-0.3, -0.25) is 57.9 Å². The number of nitrogens with two attached hydrogens (primary N) is 6. The van der Waals surface area contributed by atoms with Crippen LogP contribution in [-0.2, 0) is 52.7 Å². The van der Waals surface area contributed by atoms with Gasteiger partial charge in [0.1, 0.15) is 42.3 Å². The maximum Gasteiger partial charge on any atom is 0.326 e. The largest absolute Gasteiger partial charge is 0.481 e. The minimum atomic E-state index is -1.82. The van der Waals surface area contributed by atoms with E-state index in [-0.39, 0.29) is 81.8 Å².